The topological polar surface area (TPSA) is 63.4 Å². The highest BCUT2D eigenvalue weighted by atomic mass is 16.5. The van der Waals surface area contributed by atoms with E-state index >= 15 is 0 Å². The van der Waals surface area contributed by atoms with E-state index in [2.05, 4.69) is 22.4 Å². The lowest BCUT2D eigenvalue weighted by molar-refractivity contribution is -0.143. The van der Waals surface area contributed by atoms with E-state index in [9.17, 15) is 4.79 Å². The number of aromatic amines is 1. The molecule has 3 aromatic carbocycles. The Hall–Kier alpha value is -3.57. The fourth-order valence-electron chi connectivity index (χ4n) is 4.36. The van der Waals surface area contributed by atoms with Crippen LogP contribution in [0.1, 0.15) is 28.4 Å². The van der Waals surface area contributed by atoms with Gasteiger partial charge in [0.1, 0.15) is 18.4 Å². The van der Waals surface area contributed by atoms with Gasteiger partial charge in [-0.05, 0) is 23.3 Å². The maximum absolute atomic E-state index is 12.5. The number of benzene rings is 3. The zero-order valence-electron chi connectivity index (χ0n) is 17.3. The van der Waals surface area contributed by atoms with E-state index in [4.69, 9.17) is 9.47 Å². The minimum absolute atomic E-state index is 0.216. The Bertz CT molecular complexity index is 1220. The minimum atomic E-state index is -0.427. The molecule has 1 aromatic heterocycles. The van der Waals surface area contributed by atoms with Crippen molar-refractivity contribution >= 4 is 16.9 Å². The fraction of sp³-hybridized carbons (Fsp3) is 0.192. The molecule has 2 heterocycles. The van der Waals surface area contributed by atoms with Crippen LogP contribution in [-0.4, -0.2) is 24.1 Å². The monoisotopic (exact) mass is 412 g/mol. The van der Waals surface area contributed by atoms with Crippen molar-refractivity contribution in [1.29, 1.82) is 0 Å². The number of nitrogens with one attached hydrogen (secondary N) is 2. The Morgan fingerprint density at radius 2 is 1.71 bits per heavy atom. The Morgan fingerprint density at radius 3 is 2.55 bits per heavy atom. The summed E-state index contributed by atoms with van der Waals surface area (Å²) >= 11 is 0. The average Bonchev–Trinajstić information content (AvgIpc) is 3.21. The fourth-order valence-corrected chi connectivity index (χ4v) is 4.36. The molecule has 2 atom stereocenters. The van der Waals surface area contributed by atoms with E-state index in [0.717, 1.165) is 39.0 Å². The maximum Gasteiger partial charge on any atom is 0.323 e. The Morgan fingerprint density at radius 1 is 0.968 bits per heavy atom. The molecule has 0 bridgehead atoms. The first-order chi connectivity index (χ1) is 15.2. The molecule has 31 heavy (non-hydrogen) atoms. The van der Waals surface area contributed by atoms with Crippen molar-refractivity contribution in [3.8, 4) is 5.75 Å². The number of aromatic nitrogens is 1. The molecule has 2 unspecified atom stereocenters. The molecule has 0 fully saturated rings. The van der Waals surface area contributed by atoms with Crippen LogP contribution >= 0.6 is 0 Å². The predicted molar refractivity (Wildman–Crippen MR) is 120 cm³/mol. The van der Waals surface area contributed by atoms with E-state index in [-0.39, 0.29) is 12.0 Å². The number of fused-ring (bicyclic) bond motifs is 3. The van der Waals surface area contributed by atoms with Gasteiger partial charge in [-0.2, -0.15) is 0 Å². The van der Waals surface area contributed by atoms with Gasteiger partial charge in [0.25, 0.3) is 0 Å². The summed E-state index contributed by atoms with van der Waals surface area (Å²) < 4.78 is 11.3. The summed E-state index contributed by atoms with van der Waals surface area (Å²) in [6.07, 6.45) is 0.579. The van der Waals surface area contributed by atoms with Crippen molar-refractivity contribution in [3.05, 3.63) is 101 Å². The van der Waals surface area contributed by atoms with Crippen LogP contribution in [0.15, 0.2) is 78.9 Å². The Labute approximate surface area is 181 Å². The first kappa shape index (κ1) is 19.4. The van der Waals surface area contributed by atoms with Gasteiger partial charge in [-0.3, -0.25) is 10.1 Å². The summed E-state index contributed by atoms with van der Waals surface area (Å²) in [6, 6.07) is 25.6. The first-order valence-electron chi connectivity index (χ1n) is 10.4. The van der Waals surface area contributed by atoms with Gasteiger partial charge in [0.15, 0.2) is 0 Å². The lowest BCUT2D eigenvalue weighted by Crippen LogP contribution is -2.45. The third-order valence-corrected chi connectivity index (χ3v) is 5.86. The molecule has 4 aromatic rings. The van der Waals surface area contributed by atoms with Crippen LogP contribution in [0.4, 0.5) is 0 Å². The minimum Gasteiger partial charge on any atom is -0.489 e. The largest absolute Gasteiger partial charge is 0.489 e. The van der Waals surface area contributed by atoms with Crippen molar-refractivity contribution in [3.63, 3.8) is 0 Å². The van der Waals surface area contributed by atoms with E-state index in [1.165, 1.54) is 7.11 Å². The number of hydrogen-bond acceptors (Lipinski definition) is 4. The van der Waals surface area contributed by atoms with Crippen LogP contribution in [0, 0.1) is 0 Å². The van der Waals surface area contributed by atoms with Crippen LogP contribution in [0.2, 0.25) is 0 Å². The highest BCUT2D eigenvalue weighted by Crippen LogP contribution is 2.38. The summed E-state index contributed by atoms with van der Waals surface area (Å²) in [5.41, 5.74) is 5.37. The summed E-state index contributed by atoms with van der Waals surface area (Å²) in [5.74, 6) is 0.530. The quantitative estimate of drug-likeness (QED) is 0.473. The van der Waals surface area contributed by atoms with Crippen molar-refractivity contribution in [2.75, 3.05) is 7.11 Å². The van der Waals surface area contributed by atoms with Crippen LogP contribution in [0.3, 0.4) is 0 Å². The zero-order chi connectivity index (χ0) is 21.2. The summed E-state index contributed by atoms with van der Waals surface area (Å²) in [6.45, 7) is 0.477. The molecule has 156 valence electrons. The van der Waals surface area contributed by atoms with Crippen LogP contribution in [0.25, 0.3) is 10.9 Å². The highest BCUT2D eigenvalue weighted by Gasteiger charge is 2.35. The SMILES string of the molecule is COC(=O)C1Cc2c([nH]c3ccccc23)C(c2ccccc2OCc2ccccc2)N1. The molecule has 0 radical (unpaired) electrons. The first-order valence-corrected chi connectivity index (χ1v) is 10.4. The maximum atomic E-state index is 12.5. The number of H-pyrrole nitrogens is 1. The van der Waals surface area contributed by atoms with E-state index in [0.29, 0.717) is 13.0 Å². The molecule has 5 nitrogen and oxygen atoms in total. The van der Waals surface area contributed by atoms with Crippen molar-refractivity contribution < 1.29 is 14.3 Å². The van der Waals surface area contributed by atoms with Crippen molar-refractivity contribution in [2.45, 2.75) is 25.1 Å². The van der Waals surface area contributed by atoms with Gasteiger partial charge in [0.2, 0.25) is 0 Å². The van der Waals surface area contributed by atoms with Gasteiger partial charge in [0, 0.05) is 28.6 Å². The molecule has 5 rings (SSSR count). The van der Waals surface area contributed by atoms with Crippen molar-refractivity contribution in [1.82, 2.24) is 10.3 Å². The predicted octanol–water partition coefficient (Wildman–Crippen LogP) is 4.52. The zero-order valence-corrected chi connectivity index (χ0v) is 17.3. The van der Waals surface area contributed by atoms with E-state index in [1.807, 2.05) is 66.7 Å². The van der Waals surface area contributed by atoms with E-state index < -0.39 is 6.04 Å². The van der Waals surface area contributed by atoms with Gasteiger partial charge in [-0.1, -0.05) is 66.7 Å². The summed E-state index contributed by atoms with van der Waals surface area (Å²) in [4.78, 5) is 16.1. The normalized spacial score (nSPS) is 17.8. The Balaban J connectivity index is 1.56. The van der Waals surface area contributed by atoms with Crippen LogP contribution in [0.5, 0.6) is 5.75 Å². The number of methoxy groups -OCH3 is 1. The van der Waals surface area contributed by atoms with Crippen LogP contribution in [-0.2, 0) is 22.6 Å². The number of ether oxygens (including phenoxy) is 2. The summed E-state index contributed by atoms with van der Waals surface area (Å²) in [5, 5.41) is 4.63. The van der Waals surface area contributed by atoms with Gasteiger partial charge in [-0.15, -0.1) is 0 Å². The van der Waals surface area contributed by atoms with Gasteiger partial charge >= 0.3 is 5.97 Å². The van der Waals surface area contributed by atoms with E-state index in [1.54, 1.807) is 0 Å². The number of rotatable bonds is 5. The van der Waals surface area contributed by atoms with Gasteiger partial charge in [0.05, 0.1) is 13.2 Å². The molecule has 1 aliphatic rings. The molecule has 1 aliphatic heterocycles. The molecule has 2 N–H and O–H groups in total. The standard InChI is InChI=1S/C26H24N2O3/c1-30-26(29)22-15-20-18-11-5-7-13-21(18)27-25(20)24(28-22)19-12-6-8-14-23(19)31-16-17-9-3-2-4-10-17/h2-14,22,24,27-28H,15-16H2,1H3. The number of carbonyl (C=O) groups is 1. The number of carbonyl (C=O) groups excluding carboxylic acids is 1. The second-order valence-corrected chi connectivity index (χ2v) is 7.75. The number of hydrogen-bond donors (Lipinski definition) is 2. The third-order valence-electron chi connectivity index (χ3n) is 5.86. The number of para-hydroxylation sites is 2. The lowest BCUT2D eigenvalue weighted by atomic mass is 9.90. The molecular formula is C26H24N2O3. The molecule has 0 amide bonds. The average molecular weight is 412 g/mol. The molecule has 0 saturated heterocycles. The molecular weight excluding hydrogens is 388 g/mol. The second kappa shape index (κ2) is 8.28. The van der Waals surface area contributed by atoms with Gasteiger partial charge < -0.3 is 14.5 Å². The molecule has 5 heteroatoms. The Kier molecular flexibility index (Phi) is 5.18. The van der Waals surface area contributed by atoms with Crippen LogP contribution < -0.4 is 10.1 Å². The second-order valence-electron chi connectivity index (χ2n) is 7.75. The third kappa shape index (κ3) is 3.68. The molecule has 0 saturated carbocycles. The summed E-state index contributed by atoms with van der Waals surface area (Å²) in [7, 11) is 1.43. The molecule has 0 spiro atoms. The highest BCUT2D eigenvalue weighted by molar-refractivity contribution is 5.87. The van der Waals surface area contributed by atoms with Crippen molar-refractivity contribution in [2.24, 2.45) is 0 Å². The smallest absolute Gasteiger partial charge is 0.323 e. The van der Waals surface area contributed by atoms with Gasteiger partial charge in [-0.25, -0.2) is 0 Å². The molecule has 0 aliphatic carbocycles. The lowest BCUT2D eigenvalue weighted by Gasteiger charge is -2.31. The number of esters is 1.